The molecule has 2 aromatic rings. The molecule has 2 rings (SSSR count). The molecule has 0 fully saturated rings. The fourth-order valence-corrected chi connectivity index (χ4v) is 2.29. The molecule has 0 saturated carbocycles. The molecule has 0 spiro atoms. The summed E-state index contributed by atoms with van der Waals surface area (Å²) in [6.07, 6.45) is 3.13. The highest BCUT2D eigenvalue weighted by Crippen LogP contribution is 2.24. The van der Waals surface area contributed by atoms with E-state index in [4.69, 9.17) is 9.47 Å². The smallest absolute Gasteiger partial charge is 0.204 e. The molecular weight excluding hydrogens is 250 g/mol. The van der Waals surface area contributed by atoms with Gasteiger partial charge in [0.15, 0.2) is 0 Å². The molecule has 2 heterocycles. The standard InChI is InChI=1S/C13H13NO3S/c1-3-17-10-4-9(6-14-7-10)13(15)12-5-11(16-2)8-18-12/h4-8H,3H2,1-2H3. The Labute approximate surface area is 109 Å². The van der Waals surface area contributed by atoms with Crippen LogP contribution in [0.3, 0.4) is 0 Å². The van der Waals surface area contributed by atoms with E-state index < -0.39 is 0 Å². The number of thiophene rings is 1. The van der Waals surface area contributed by atoms with E-state index in [1.165, 1.54) is 17.5 Å². The van der Waals surface area contributed by atoms with Gasteiger partial charge in [-0.15, -0.1) is 11.3 Å². The number of ketones is 1. The fourth-order valence-electron chi connectivity index (χ4n) is 1.48. The van der Waals surface area contributed by atoms with Gasteiger partial charge in [0.25, 0.3) is 0 Å². The van der Waals surface area contributed by atoms with Crippen molar-refractivity contribution < 1.29 is 14.3 Å². The van der Waals surface area contributed by atoms with Crippen molar-refractivity contribution >= 4 is 17.1 Å². The van der Waals surface area contributed by atoms with E-state index in [0.717, 1.165) is 0 Å². The third-order valence-electron chi connectivity index (χ3n) is 2.32. The molecule has 0 unspecified atom stereocenters. The van der Waals surface area contributed by atoms with Gasteiger partial charge < -0.3 is 9.47 Å². The molecule has 0 atom stereocenters. The van der Waals surface area contributed by atoms with Crippen molar-refractivity contribution in [2.24, 2.45) is 0 Å². The Morgan fingerprint density at radius 2 is 2.17 bits per heavy atom. The summed E-state index contributed by atoms with van der Waals surface area (Å²) in [5.74, 6) is 1.22. The minimum absolute atomic E-state index is 0.0719. The Morgan fingerprint density at radius 3 is 2.83 bits per heavy atom. The molecule has 0 aromatic carbocycles. The van der Waals surface area contributed by atoms with E-state index in [9.17, 15) is 4.79 Å². The van der Waals surface area contributed by atoms with Crippen molar-refractivity contribution in [2.75, 3.05) is 13.7 Å². The molecule has 0 radical (unpaired) electrons. The molecule has 0 bridgehead atoms. The minimum atomic E-state index is -0.0719. The second-order valence-corrected chi connectivity index (χ2v) is 4.43. The average Bonchev–Trinajstić information content (AvgIpc) is 2.87. The topological polar surface area (TPSA) is 48.4 Å². The van der Waals surface area contributed by atoms with Crippen LogP contribution in [0, 0.1) is 0 Å². The number of hydrogen-bond donors (Lipinski definition) is 0. The molecule has 5 heteroatoms. The SMILES string of the molecule is CCOc1cncc(C(=O)c2cc(OC)cs2)c1. The Kier molecular flexibility index (Phi) is 3.94. The molecular formula is C13H13NO3S. The summed E-state index contributed by atoms with van der Waals surface area (Å²) >= 11 is 1.35. The number of rotatable bonds is 5. The Hall–Kier alpha value is -1.88. The number of pyridine rings is 1. The van der Waals surface area contributed by atoms with Crippen molar-refractivity contribution in [1.29, 1.82) is 0 Å². The van der Waals surface area contributed by atoms with Gasteiger partial charge in [-0.25, -0.2) is 0 Å². The summed E-state index contributed by atoms with van der Waals surface area (Å²) < 4.78 is 10.4. The van der Waals surface area contributed by atoms with Crippen LogP contribution in [0.15, 0.2) is 29.9 Å². The fraction of sp³-hybridized carbons (Fsp3) is 0.231. The lowest BCUT2D eigenvalue weighted by molar-refractivity contribution is 0.104. The molecule has 94 valence electrons. The van der Waals surface area contributed by atoms with Gasteiger partial charge in [0, 0.05) is 23.2 Å². The maximum Gasteiger partial charge on any atom is 0.204 e. The predicted octanol–water partition coefficient (Wildman–Crippen LogP) is 2.78. The monoisotopic (exact) mass is 263 g/mol. The molecule has 0 amide bonds. The lowest BCUT2D eigenvalue weighted by atomic mass is 10.1. The van der Waals surface area contributed by atoms with Crippen molar-refractivity contribution in [2.45, 2.75) is 6.92 Å². The lowest BCUT2D eigenvalue weighted by Crippen LogP contribution is -2.01. The average molecular weight is 263 g/mol. The summed E-state index contributed by atoms with van der Waals surface area (Å²) in [6.45, 7) is 2.44. The molecule has 0 saturated heterocycles. The maximum absolute atomic E-state index is 12.2. The third-order valence-corrected chi connectivity index (χ3v) is 3.23. The summed E-state index contributed by atoms with van der Waals surface area (Å²) in [4.78, 5) is 16.8. The summed E-state index contributed by atoms with van der Waals surface area (Å²) in [5.41, 5.74) is 0.519. The van der Waals surface area contributed by atoms with E-state index in [0.29, 0.717) is 28.5 Å². The first-order chi connectivity index (χ1) is 8.74. The highest BCUT2D eigenvalue weighted by Gasteiger charge is 2.13. The van der Waals surface area contributed by atoms with E-state index in [-0.39, 0.29) is 5.78 Å². The zero-order chi connectivity index (χ0) is 13.0. The molecule has 0 N–H and O–H groups in total. The van der Waals surface area contributed by atoms with Crippen LogP contribution in [0.25, 0.3) is 0 Å². The highest BCUT2D eigenvalue weighted by atomic mass is 32.1. The van der Waals surface area contributed by atoms with Crippen molar-refractivity contribution in [3.05, 3.63) is 40.3 Å². The van der Waals surface area contributed by atoms with Crippen LogP contribution in [-0.4, -0.2) is 24.5 Å². The molecule has 2 aromatic heterocycles. The first-order valence-corrected chi connectivity index (χ1v) is 6.37. The molecule has 0 aliphatic rings. The van der Waals surface area contributed by atoms with Gasteiger partial charge in [-0.3, -0.25) is 9.78 Å². The third kappa shape index (κ3) is 2.68. The van der Waals surface area contributed by atoms with Gasteiger partial charge in [0.05, 0.1) is 24.8 Å². The Bertz CT molecular complexity index is 551. The first kappa shape index (κ1) is 12.6. The predicted molar refractivity (Wildman–Crippen MR) is 69.7 cm³/mol. The van der Waals surface area contributed by atoms with Gasteiger partial charge in [0.1, 0.15) is 11.5 Å². The van der Waals surface area contributed by atoms with Crippen molar-refractivity contribution in [3.63, 3.8) is 0 Å². The van der Waals surface area contributed by atoms with E-state index in [1.807, 2.05) is 6.92 Å². The second-order valence-electron chi connectivity index (χ2n) is 3.52. The minimum Gasteiger partial charge on any atom is -0.496 e. The van der Waals surface area contributed by atoms with Gasteiger partial charge in [-0.05, 0) is 13.0 Å². The molecule has 4 nitrogen and oxygen atoms in total. The molecule has 0 aliphatic carbocycles. The normalized spacial score (nSPS) is 10.1. The van der Waals surface area contributed by atoms with Gasteiger partial charge >= 0.3 is 0 Å². The van der Waals surface area contributed by atoms with Crippen LogP contribution in [-0.2, 0) is 0 Å². The number of carbonyl (C=O) groups excluding carboxylic acids is 1. The highest BCUT2D eigenvalue weighted by molar-refractivity contribution is 7.12. The zero-order valence-electron chi connectivity index (χ0n) is 10.2. The summed E-state index contributed by atoms with van der Waals surface area (Å²) in [5, 5.41) is 1.80. The number of ether oxygens (including phenoxy) is 2. The summed E-state index contributed by atoms with van der Waals surface area (Å²) in [6, 6.07) is 3.42. The van der Waals surface area contributed by atoms with Crippen molar-refractivity contribution in [3.8, 4) is 11.5 Å². The van der Waals surface area contributed by atoms with Crippen LogP contribution in [0.2, 0.25) is 0 Å². The largest absolute Gasteiger partial charge is 0.496 e. The van der Waals surface area contributed by atoms with E-state index >= 15 is 0 Å². The van der Waals surface area contributed by atoms with Crippen LogP contribution in [0.4, 0.5) is 0 Å². The molecule has 0 aliphatic heterocycles. The zero-order valence-corrected chi connectivity index (χ0v) is 11.0. The van der Waals surface area contributed by atoms with Gasteiger partial charge in [-0.1, -0.05) is 0 Å². The van der Waals surface area contributed by atoms with Crippen LogP contribution in [0.5, 0.6) is 11.5 Å². The number of aromatic nitrogens is 1. The van der Waals surface area contributed by atoms with Gasteiger partial charge in [0.2, 0.25) is 5.78 Å². The van der Waals surface area contributed by atoms with Gasteiger partial charge in [-0.2, -0.15) is 0 Å². The second kappa shape index (κ2) is 5.64. The Morgan fingerprint density at radius 1 is 1.33 bits per heavy atom. The number of methoxy groups -OCH3 is 1. The number of nitrogens with zero attached hydrogens (tertiary/aromatic N) is 1. The molecule has 18 heavy (non-hydrogen) atoms. The Balaban J connectivity index is 2.25. The van der Waals surface area contributed by atoms with Crippen molar-refractivity contribution in [1.82, 2.24) is 4.98 Å². The quantitative estimate of drug-likeness (QED) is 0.778. The summed E-state index contributed by atoms with van der Waals surface area (Å²) in [7, 11) is 1.58. The van der Waals surface area contributed by atoms with Crippen LogP contribution < -0.4 is 9.47 Å². The van der Waals surface area contributed by atoms with Crippen LogP contribution in [0.1, 0.15) is 22.2 Å². The first-order valence-electron chi connectivity index (χ1n) is 5.49. The van der Waals surface area contributed by atoms with E-state index in [2.05, 4.69) is 4.98 Å². The number of hydrogen-bond acceptors (Lipinski definition) is 5. The maximum atomic E-state index is 12.2. The number of carbonyl (C=O) groups is 1. The van der Waals surface area contributed by atoms with E-state index in [1.54, 1.807) is 30.8 Å². The lowest BCUT2D eigenvalue weighted by Gasteiger charge is -2.03. The van der Waals surface area contributed by atoms with Crippen LogP contribution >= 0.6 is 11.3 Å².